The van der Waals surface area contributed by atoms with Gasteiger partial charge < -0.3 is 10.1 Å². The lowest BCUT2D eigenvalue weighted by molar-refractivity contribution is -0.138. The quantitative estimate of drug-likeness (QED) is 0.871. The molecule has 2 heterocycles. The van der Waals surface area contributed by atoms with Gasteiger partial charge in [-0.25, -0.2) is 9.79 Å². The zero-order chi connectivity index (χ0) is 13.8. The number of nitrogens with zero attached hydrogens (tertiary/aromatic N) is 1. The van der Waals surface area contributed by atoms with Gasteiger partial charge in [-0.2, -0.15) is 0 Å². The van der Waals surface area contributed by atoms with Crippen LogP contribution in [-0.2, 0) is 9.53 Å². The topological polar surface area (TPSA) is 50.7 Å². The summed E-state index contributed by atoms with van der Waals surface area (Å²) >= 11 is 3.13. The van der Waals surface area contributed by atoms with E-state index in [-0.39, 0.29) is 12.0 Å². The summed E-state index contributed by atoms with van der Waals surface area (Å²) in [5.41, 5.74) is 1.42. The van der Waals surface area contributed by atoms with Crippen LogP contribution in [0.1, 0.15) is 24.8 Å². The number of thioether (sulfide) groups is 1. The van der Waals surface area contributed by atoms with Crippen molar-refractivity contribution in [2.24, 2.45) is 4.99 Å². The van der Waals surface area contributed by atoms with E-state index in [4.69, 9.17) is 4.74 Å². The molecule has 19 heavy (non-hydrogen) atoms. The maximum absolute atomic E-state index is 12.1. The van der Waals surface area contributed by atoms with Gasteiger partial charge in [-0.3, -0.25) is 0 Å². The highest BCUT2D eigenvalue weighted by Crippen LogP contribution is 2.34. The van der Waals surface area contributed by atoms with Crippen molar-refractivity contribution in [3.05, 3.63) is 33.7 Å². The minimum atomic E-state index is -0.296. The summed E-state index contributed by atoms with van der Waals surface area (Å²) < 4.78 is 5.14. The Labute approximate surface area is 121 Å². The number of aliphatic imine (C=N–C) groups is 1. The van der Waals surface area contributed by atoms with Crippen LogP contribution in [-0.4, -0.2) is 24.0 Å². The van der Waals surface area contributed by atoms with Gasteiger partial charge in [-0.15, -0.1) is 11.3 Å². The molecule has 0 saturated heterocycles. The average molecular weight is 296 g/mol. The summed E-state index contributed by atoms with van der Waals surface area (Å²) in [5, 5.41) is 5.96. The molecule has 1 aromatic heterocycles. The van der Waals surface area contributed by atoms with Crippen molar-refractivity contribution in [3.8, 4) is 0 Å². The molecule has 0 bridgehead atoms. The summed E-state index contributed by atoms with van der Waals surface area (Å²) in [5.74, 6) is -0.296. The number of nitrogens with one attached hydrogen (secondary N) is 1. The van der Waals surface area contributed by atoms with Crippen molar-refractivity contribution >= 4 is 34.2 Å². The molecule has 0 unspecified atom stereocenters. The van der Waals surface area contributed by atoms with Crippen molar-refractivity contribution in [2.45, 2.75) is 19.9 Å². The molecule has 1 atom stereocenters. The Morgan fingerprint density at radius 1 is 1.63 bits per heavy atom. The highest BCUT2D eigenvalue weighted by atomic mass is 32.2. The zero-order valence-corrected chi connectivity index (χ0v) is 12.7. The maximum atomic E-state index is 12.1. The second-order valence-corrected chi connectivity index (χ2v) is 5.71. The highest BCUT2D eigenvalue weighted by molar-refractivity contribution is 8.13. The largest absolute Gasteiger partial charge is 0.463 e. The van der Waals surface area contributed by atoms with Crippen LogP contribution in [0.15, 0.2) is 33.8 Å². The van der Waals surface area contributed by atoms with Gasteiger partial charge in [-0.05, 0) is 31.5 Å². The van der Waals surface area contributed by atoms with Gasteiger partial charge in [0.05, 0.1) is 12.2 Å². The summed E-state index contributed by atoms with van der Waals surface area (Å²) in [6.45, 7) is 4.06. The average Bonchev–Trinajstić information content (AvgIpc) is 2.91. The summed E-state index contributed by atoms with van der Waals surface area (Å²) in [4.78, 5) is 17.8. The van der Waals surface area contributed by atoms with Gasteiger partial charge in [0.2, 0.25) is 0 Å². The van der Waals surface area contributed by atoms with Crippen LogP contribution in [0.4, 0.5) is 0 Å². The molecule has 0 radical (unpaired) electrons. The Bertz CT molecular complexity index is 521. The second-order valence-electron chi connectivity index (χ2n) is 3.94. The Balaban J connectivity index is 2.40. The molecule has 1 aromatic rings. The fourth-order valence-electron chi connectivity index (χ4n) is 1.88. The fourth-order valence-corrected chi connectivity index (χ4v) is 3.11. The predicted octanol–water partition coefficient (Wildman–Crippen LogP) is 2.95. The van der Waals surface area contributed by atoms with E-state index in [0.29, 0.717) is 12.2 Å². The van der Waals surface area contributed by atoms with Crippen LogP contribution < -0.4 is 5.32 Å². The molecule has 2 rings (SSSR count). The molecule has 6 heteroatoms. The summed E-state index contributed by atoms with van der Waals surface area (Å²) in [6, 6.07) is 3.70. The molecule has 0 saturated carbocycles. The van der Waals surface area contributed by atoms with E-state index < -0.39 is 0 Å². The van der Waals surface area contributed by atoms with Crippen molar-refractivity contribution in [1.29, 1.82) is 0 Å². The van der Waals surface area contributed by atoms with Gasteiger partial charge >= 0.3 is 5.97 Å². The number of rotatable bonds is 3. The molecule has 0 amide bonds. The van der Waals surface area contributed by atoms with Crippen molar-refractivity contribution in [3.63, 3.8) is 0 Å². The third-order valence-electron chi connectivity index (χ3n) is 2.72. The third-order valence-corrected chi connectivity index (χ3v) is 4.24. The first kappa shape index (κ1) is 14.1. The van der Waals surface area contributed by atoms with E-state index in [1.165, 1.54) is 11.8 Å². The van der Waals surface area contributed by atoms with E-state index in [1.54, 1.807) is 18.3 Å². The summed E-state index contributed by atoms with van der Waals surface area (Å²) in [6.07, 6.45) is 1.96. The Morgan fingerprint density at radius 2 is 2.42 bits per heavy atom. The number of thiophene rings is 1. The van der Waals surface area contributed by atoms with Gasteiger partial charge in [0.25, 0.3) is 0 Å². The van der Waals surface area contributed by atoms with Crippen molar-refractivity contribution in [1.82, 2.24) is 5.32 Å². The molecule has 102 valence electrons. The maximum Gasteiger partial charge on any atom is 0.338 e. The molecule has 4 nitrogen and oxygen atoms in total. The van der Waals surface area contributed by atoms with Crippen LogP contribution in [0.2, 0.25) is 0 Å². The number of carbonyl (C=O) groups is 1. The number of amidine groups is 1. The van der Waals surface area contributed by atoms with Crippen molar-refractivity contribution in [2.75, 3.05) is 12.9 Å². The number of ether oxygens (including phenoxy) is 1. The zero-order valence-electron chi connectivity index (χ0n) is 11.1. The van der Waals surface area contributed by atoms with E-state index in [9.17, 15) is 4.79 Å². The molecule has 1 aliphatic rings. The monoisotopic (exact) mass is 296 g/mol. The predicted molar refractivity (Wildman–Crippen MR) is 80.5 cm³/mol. The lowest BCUT2D eigenvalue weighted by Gasteiger charge is -2.24. The Hall–Kier alpha value is -1.27. The van der Waals surface area contributed by atoms with E-state index in [0.717, 1.165) is 15.7 Å². The molecule has 1 N–H and O–H groups in total. The number of esters is 1. The second kappa shape index (κ2) is 6.25. The molecule has 0 fully saturated rings. The normalized spacial score (nSPS) is 18.9. The molecule has 0 spiro atoms. The number of allylic oxidation sites excluding steroid dienone is 1. The van der Waals surface area contributed by atoms with E-state index >= 15 is 0 Å². The molecule has 1 aliphatic heterocycles. The molecule has 0 aliphatic carbocycles. The Morgan fingerprint density at radius 3 is 3.00 bits per heavy atom. The van der Waals surface area contributed by atoms with Crippen LogP contribution >= 0.6 is 23.1 Å². The van der Waals surface area contributed by atoms with Crippen LogP contribution in [0.25, 0.3) is 0 Å². The van der Waals surface area contributed by atoms with Crippen LogP contribution in [0.3, 0.4) is 0 Å². The minimum Gasteiger partial charge on any atom is -0.463 e. The summed E-state index contributed by atoms with van der Waals surface area (Å²) in [7, 11) is 0. The number of hydrogen-bond donors (Lipinski definition) is 1. The standard InChI is InChI=1S/C13H16N2O2S2/c1-4-17-12(16)10-8(2)14-13(18-3)15-11(10)9-6-5-7-19-9/h5-7,11H,4H2,1-3H3,(H,14,15)/t11-/m1/s1. The lowest BCUT2D eigenvalue weighted by Crippen LogP contribution is -2.30. The lowest BCUT2D eigenvalue weighted by atomic mass is 10.0. The number of carbonyl (C=O) groups excluding carboxylic acids is 1. The van der Waals surface area contributed by atoms with E-state index in [2.05, 4.69) is 10.3 Å². The van der Waals surface area contributed by atoms with E-state index in [1.807, 2.05) is 30.7 Å². The van der Waals surface area contributed by atoms with Crippen LogP contribution in [0, 0.1) is 0 Å². The van der Waals surface area contributed by atoms with Gasteiger partial charge in [0, 0.05) is 10.6 Å². The number of hydrogen-bond acceptors (Lipinski definition) is 6. The van der Waals surface area contributed by atoms with Gasteiger partial charge in [0.15, 0.2) is 5.17 Å². The first-order valence-electron chi connectivity index (χ1n) is 5.97. The van der Waals surface area contributed by atoms with Gasteiger partial charge in [-0.1, -0.05) is 17.8 Å². The van der Waals surface area contributed by atoms with Gasteiger partial charge in [0.1, 0.15) is 6.04 Å². The van der Waals surface area contributed by atoms with Crippen molar-refractivity contribution < 1.29 is 9.53 Å². The fraction of sp³-hybridized carbons (Fsp3) is 0.385. The molecular weight excluding hydrogens is 280 g/mol. The first-order chi connectivity index (χ1) is 9.17. The third kappa shape index (κ3) is 3.01. The highest BCUT2D eigenvalue weighted by Gasteiger charge is 2.30. The minimum absolute atomic E-state index is 0.261. The molecule has 0 aromatic carbocycles. The van der Waals surface area contributed by atoms with Crippen LogP contribution in [0.5, 0.6) is 0 Å². The molecular formula is C13H16N2O2S2. The Kier molecular flexibility index (Phi) is 4.66. The first-order valence-corrected chi connectivity index (χ1v) is 8.08. The smallest absolute Gasteiger partial charge is 0.338 e. The SMILES string of the molecule is CCOC(=O)C1=C(C)NC(SC)=N[C@@H]1c1cccs1.